The molecule has 0 saturated heterocycles. The van der Waals surface area contributed by atoms with Gasteiger partial charge in [0.05, 0.1) is 54.0 Å². The third-order valence-electron chi connectivity index (χ3n) is 5.43. The average molecular weight is 522 g/mol. The van der Waals surface area contributed by atoms with Gasteiger partial charge in [-0.25, -0.2) is 22.6 Å². The number of hydrogen-bond acceptors (Lipinski definition) is 9. The van der Waals surface area contributed by atoms with Crippen LogP contribution in [0.2, 0.25) is 0 Å². The van der Waals surface area contributed by atoms with E-state index in [4.69, 9.17) is 4.74 Å². The first-order valence-electron chi connectivity index (χ1n) is 11.1. The van der Waals surface area contributed by atoms with Crippen LogP contribution in [0.1, 0.15) is 0 Å². The second-order valence-electron chi connectivity index (χ2n) is 8.13. The summed E-state index contributed by atoms with van der Waals surface area (Å²) in [7, 11) is -0.335. The van der Waals surface area contributed by atoms with Crippen molar-refractivity contribution < 1.29 is 17.9 Å². The van der Waals surface area contributed by atoms with Gasteiger partial charge in [-0.05, 0) is 31.3 Å². The van der Waals surface area contributed by atoms with Crippen LogP contribution in [0, 0.1) is 0 Å². The van der Waals surface area contributed by atoms with Crippen LogP contribution in [-0.4, -0.2) is 70.6 Å². The second-order valence-corrected chi connectivity index (χ2v) is 9.88. The molecule has 0 aliphatic carbocycles. The minimum atomic E-state index is -3.48. The van der Waals surface area contributed by atoms with E-state index in [1.165, 1.54) is 7.11 Å². The zero-order chi connectivity index (χ0) is 26.2. The van der Waals surface area contributed by atoms with E-state index in [1.54, 1.807) is 65.3 Å². The van der Waals surface area contributed by atoms with Crippen molar-refractivity contribution >= 4 is 44.0 Å². The van der Waals surface area contributed by atoms with Crippen LogP contribution in [0.5, 0.6) is 5.75 Å². The Bertz CT molecular complexity index is 1740. The van der Waals surface area contributed by atoms with Gasteiger partial charge >= 0.3 is 0 Å². The molecule has 0 aliphatic heterocycles. The van der Waals surface area contributed by atoms with E-state index in [9.17, 15) is 13.2 Å². The smallest absolute Gasteiger partial charge is 0.239 e. The van der Waals surface area contributed by atoms with E-state index >= 15 is 0 Å². The first kappa shape index (κ1) is 24.1. The highest BCUT2D eigenvalue weighted by Crippen LogP contribution is 2.34. The fourth-order valence-corrected chi connectivity index (χ4v) is 4.46. The lowest BCUT2D eigenvalue weighted by Crippen LogP contribution is -2.25. The minimum absolute atomic E-state index is 0.100. The monoisotopic (exact) mass is 521 g/mol. The molecule has 0 unspecified atom stereocenters. The van der Waals surface area contributed by atoms with Crippen LogP contribution in [0.15, 0.2) is 55.1 Å². The summed E-state index contributed by atoms with van der Waals surface area (Å²) in [6.07, 6.45) is 7.84. The fraction of sp³-hybridized carbons (Fsp3) is 0.174. The van der Waals surface area contributed by atoms with E-state index in [2.05, 4.69) is 35.5 Å². The maximum atomic E-state index is 12.4. The van der Waals surface area contributed by atoms with E-state index in [1.807, 2.05) is 6.07 Å². The normalized spacial score (nSPS) is 11.6. The standard InChI is InChI=1S/C23H23N9O4S/c1-24-13-21(33)28-22-16-11-26-17(15-12-27-31-8-4-7-25-23(15)31)10-19(16)32(29-22)18-6-5-14(9-20(18)36-2)30-37(3,34)35/h4-12,24,30H,13H2,1-3H3,(H,28,29,33). The minimum Gasteiger partial charge on any atom is -0.494 e. The van der Waals surface area contributed by atoms with Crippen molar-refractivity contribution in [2.45, 2.75) is 0 Å². The molecule has 0 atom stereocenters. The number of pyridine rings is 1. The maximum Gasteiger partial charge on any atom is 0.239 e. The summed E-state index contributed by atoms with van der Waals surface area (Å²) < 4.78 is 34.7. The van der Waals surface area contributed by atoms with Gasteiger partial charge in [-0.3, -0.25) is 14.5 Å². The number of amides is 1. The maximum absolute atomic E-state index is 12.4. The number of benzene rings is 1. The number of fused-ring (bicyclic) bond motifs is 2. The van der Waals surface area contributed by atoms with Gasteiger partial charge in [-0.1, -0.05) is 0 Å². The summed E-state index contributed by atoms with van der Waals surface area (Å²) in [6.45, 7) is 0.100. The van der Waals surface area contributed by atoms with Crippen LogP contribution >= 0.6 is 0 Å². The van der Waals surface area contributed by atoms with Crippen molar-refractivity contribution in [3.05, 3.63) is 55.1 Å². The van der Waals surface area contributed by atoms with Crippen molar-refractivity contribution in [3.63, 3.8) is 0 Å². The summed E-state index contributed by atoms with van der Waals surface area (Å²) in [5.41, 5.74) is 3.44. The molecule has 1 aromatic carbocycles. The Morgan fingerprint density at radius 1 is 1.16 bits per heavy atom. The topological polar surface area (TPSA) is 157 Å². The van der Waals surface area contributed by atoms with E-state index < -0.39 is 10.0 Å². The molecule has 4 heterocycles. The molecule has 3 N–H and O–H groups in total. The highest BCUT2D eigenvalue weighted by molar-refractivity contribution is 7.92. The molecule has 0 radical (unpaired) electrons. The summed E-state index contributed by atoms with van der Waals surface area (Å²) >= 11 is 0. The molecule has 13 nitrogen and oxygen atoms in total. The number of aromatic nitrogens is 6. The number of sulfonamides is 1. The number of hydrogen-bond donors (Lipinski definition) is 3. The predicted molar refractivity (Wildman–Crippen MR) is 138 cm³/mol. The second kappa shape index (κ2) is 9.48. The van der Waals surface area contributed by atoms with Crippen molar-refractivity contribution in [2.75, 3.05) is 37.0 Å². The SMILES string of the molecule is CNCC(=O)Nc1nn(-c2ccc(NS(C)(=O)=O)cc2OC)c2cc(-c3cnn4cccnc34)ncc12. The van der Waals surface area contributed by atoms with Gasteiger partial charge in [-0.15, -0.1) is 5.10 Å². The Morgan fingerprint density at radius 3 is 2.76 bits per heavy atom. The Morgan fingerprint density at radius 2 is 2.00 bits per heavy atom. The quantitative estimate of drug-likeness (QED) is 0.276. The van der Waals surface area contributed by atoms with Crippen LogP contribution in [0.25, 0.3) is 33.5 Å². The number of carbonyl (C=O) groups is 1. The molecule has 5 aromatic rings. The first-order valence-corrected chi connectivity index (χ1v) is 12.9. The number of anilines is 2. The van der Waals surface area contributed by atoms with Gasteiger partial charge in [-0.2, -0.15) is 5.10 Å². The zero-order valence-corrected chi connectivity index (χ0v) is 20.9. The van der Waals surface area contributed by atoms with Gasteiger partial charge < -0.3 is 15.4 Å². The van der Waals surface area contributed by atoms with Crippen molar-refractivity contribution in [3.8, 4) is 22.7 Å². The molecule has 37 heavy (non-hydrogen) atoms. The molecular weight excluding hydrogens is 498 g/mol. The molecule has 1 amide bonds. The van der Waals surface area contributed by atoms with Gasteiger partial charge in [0.25, 0.3) is 0 Å². The highest BCUT2D eigenvalue weighted by Gasteiger charge is 2.20. The van der Waals surface area contributed by atoms with Crippen LogP contribution in [0.4, 0.5) is 11.5 Å². The predicted octanol–water partition coefficient (Wildman–Crippen LogP) is 1.67. The lowest BCUT2D eigenvalue weighted by molar-refractivity contribution is -0.115. The Kier molecular flexibility index (Phi) is 6.19. The van der Waals surface area contributed by atoms with E-state index in [-0.39, 0.29) is 12.5 Å². The third-order valence-corrected chi connectivity index (χ3v) is 6.03. The van der Waals surface area contributed by atoms with Gasteiger partial charge in [0, 0.05) is 24.7 Å². The Hall–Kier alpha value is -4.56. The van der Waals surface area contributed by atoms with Crippen molar-refractivity contribution in [2.24, 2.45) is 0 Å². The number of ether oxygens (including phenoxy) is 1. The molecule has 4 aromatic heterocycles. The lowest BCUT2D eigenvalue weighted by atomic mass is 10.2. The highest BCUT2D eigenvalue weighted by atomic mass is 32.2. The molecule has 0 aliphatic rings. The lowest BCUT2D eigenvalue weighted by Gasteiger charge is -2.12. The Labute approximate surface area is 211 Å². The van der Waals surface area contributed by atoms with Crippen molar-refractivity contribution in [1.82, 2.24) is 34.7 Å². The molecule has 0 fully saturated rings. The van der Waals surface area contributed by atoms with E-state index in [0.29, 0.717) is 45.2 Å². The number of methoxy groups -OCH3 is 1. The van der Waals surface area contributed by atoms with Crippen LogP contribution in [0.3, 0.4) is 0 Å². The van der Waals surface area contributed by atoms with Crippen molar-refractivity contribution in [1.29, 1.82) is 0 Å². The largest absolute Gasteiger partial charge is 0.494 e. The van der Waals surface area contributed by atoms with Gasteiger partial charge in [0.2, 0.25) is 15.9 Å². The number of likely N-dealkylation sites (N-methyl/N-ethyl adjacent to an activating group) is 1. The zero-order valence-electron chi connectivity index (χ0n) is 20.1. The average Bonchev–Trinajstić information content (AvgIpc) is 3.44. The van der Waals surface area contributed by atoms with E-state index in [0.717, 1.165) is 11.8 Å². The third kappa shape index (κ3) is 4.79. The summed E-state index contributed by atoms with van der Waals surface area (Å²) in [5.74, 6) is 0.402. The summed E-state index contributed by atoms with van der Waals surface area (Å²) in [5, 5.41) is 15.2. The summed E-state index contributed by atoms with van der Waals surface area (Å²) in [6, 6.07) is 8.44. The number of nitrogens with zero attached hydrogens (tertiary/aromatic N) is 6. The molecule has 190 valence electrons. The molecule has 0 saturated carbocycles. The number of carbonyl (C=O) groups excluding carboxylic acids is 1. The number of rotatable bonds is 8. The summed E-state index contributed by atoms with van der Waals surface area (Å²) in [4.78, 5) is 21.4. The Balaban J connectivity index is 1.69. The van der Waals surface area contributed by atoms with Crippen LogP contribution < -0.4 is 20.1 Å². The first-order chi connectivity index (χ1) is 17.8. The molecule has 0 bridgehead atoms. The fourth-order valence-electron chi connectivity index (χ4n) is 3.91. The molecule has 0 spiro atoms. The number of nitrogens with one attached hydrogen (secondary N) is 3. The molecular formula is C23H23N9O4S. The molecule has 5 rings (SSSR count). The van der Waals surface area contributed by atoms with Gasteiger partial charge in [0.15, 0.2) is 11.5 Å². The van der Waals surface area contributed by atoms with Crippen LogP contribution in [-0.2, 0) is 14.8 Å². The van der Waals surface area contributed by atoms with Gasteiger partial charge in [0.1, 0.15) is 11.4 Å². The molecule has 14 heteroatoms.